The number of hydrogen-bond acceptors (Lipinski definition) is 2. The van der Waals surface area contributed by atoms with Crippen LogP contribution in [0.15, 0.2) is 18.2 Å². The SMILES string of the molecule is CS(C)=O.O=C1Cc2ccc(C(F)(F)F)cc2N1. The number of benzene rings is 1. The van der Waals surface area contributed by atoms with E-state index in [1.54, 1.807) is 12.5 Å². The summed E-state index contributed by atoms with van der Waals surface area (Å²) in [6.07, 6.45) is -0.921. The van der Waals surface area contributed by atoms with Gasteiger partial charge < -0.3 is 5.32 Å². The van der Waals surface area contributed by atoms with Crippen LogP contribution in [0.2, 0.25) is 0 Å². The second-order valence-electron chi connectivity index (χ2n) is 3.84. The fourth-order valence-corrected chi connectivity index (χ4v) is 1.39. The van der Waals surface area contributed by atoms with Gasteiger partial charge in [-0.2, -0.15) is 13.2 Å². The van der Waals surface area contributed by atoms with Crippen molar-refractivity contribution in [3.8, 4) is 0 Å². The minimum Gasteiger partial charge on any atom is -0.326 e. The van der Waals surface area contributed by atoms with Gasteiger partial charge in [0.2, 0.25) is 5.91 Å². The van der Waals surface area contributed by atoms with Gasteiger partial charge in [0.15, 0.2) is 0 Å². The number of hydrogen-bond donors (Lipinski definition) is 1. The minimum atomic E-state index is -4.36. The van der Waals surface area contributed by atoms with Crippen LogP contribution in [0.4, 0.5) is 18.9 Å². The molecular formula is C11H12F3NO2S. The molecule has 100 valence electrons. The second-order valence-corrected chi connectivity index (χ2v) is 5.32. The number of alkyl halides is 3. The quantitative estimate of drug-likeness (QED) is 0.791. The number of fused-ring (bicyclic) bond motifs is 1. The van der Waals surface area contributed by atoms with Gasteiger partial charge in [0.1, 0.15) is 0 Å². The van der Waals surface area contributed by atoms with Gasteiger partial charge in [-0.3, -0.25) is 9.00 Å². The lowest BCUT2D eigenvalue weighted by atomic mass is 10.1. The molecule has 2 rings (SSSR count). The lowest BCUT2D eigenvalue weighted by molar-refractivity contribution is -0.137. The summed E-state index contributed by atoms with van der Waals surface area (Å²) >= 11 is 0. The molecule has 1 aliphatic rings. The standard InChI is InChI=1S/C9H6F3NO.C2H6OS/c10-9(11,12)6-2-1-5-3-8(14)13-7(5)4-6;1-4(2)3/h1-2,4H,3H2,(H,13,14);1-2H3. The third kappa shape index (κ3) is 4.14. The molecule has 0 bridgehead atoms. The molecule has 0 spiro atoms. The number of rotatable bonds is 0. The van der Waals surface area contributed by atoms with Gasteiger partial charge in [-0.15, -0.1) is 0 Å². The normalized spacial score (nSPS) is 13.8. The van der Waals surface area contributed by atoms with Crippen molar-refractivity contribution in [1.82, 2.24) is 0 Å². The van der Waals surface area contributed by atoms with Gasteiger partial charge >= 0.3 is 6.18 Å². The van der Waals surface area contributed by atoms with Gasteiger partial charge in [0, 0.05) is 29.0 Å². The van der Waals surface area contributed by atoms with Crippen LogP contribution in [0, 0.1) is 0 Å². The van der Waals surface area contributed by atoms with E-state index in [4.69, 9.17) is 0 Å². The van der Waals surface area contributed by atoms with E-state index in [2.05, 4.69) is 5.32 Å². The van der Waals surface area contributed by atoms with E-state index in [0.717, 1.165) is 12.1 Å². The highest BCUT2D eigenvalue weighted by atomic mass is 32.2. The maximum Gasteiger partial charge on any atom is 0.416 e. The van der Waals surface area contributed by atoms with E-state index < -0.39 is 22.5 Å². The number of anilines is 1. The smallest absolute Gasteiger partial charge is 0.326 e. The van der Waals surface area contributed by atoms with Gasteiger partial charge in [0.25, 0.3) is 0 Å². The van der Waals surface area contributed by atoms with Crippen molar-refractivity contribution in [1.29, 1.82) is 0 Å². The van der Waals surface area contributed by atoms with Crippen LogP contribution in [0.5, 0.6) is 0 Å². The Hall–Kier alpha value is -1.37. The summed E-state index contributed by atoms with van der Waals surface area (Å²) in [7, 11) is -0.611. The monoisotopic (exact) mass is 279 g/mol. The number of amides is 1. The molecule has 1 N–H and O–H groups in total. The summed E-state index contributed by atoms with van der Waals surface area (Å²) in [5, 5.41) is 2.37. The van der Waals surface area contributed by atoms with Crippen molar-refractivity contribution in [2.45, 2.75) is 12.6 Å². The zero-order valence-corrected chi connectivity index (χ0v) is 10.6. The summed E-state index contributed by atoms with van der Waals surface area (Å²) in [4.78, 5) is 10.9. The summed E-state index contributed by atoms with van der Waals surface area (Å²) in [5.41, 5.74) is 0.145. The van der Waals surface area contributed by atoms with Crippen LogP contribution in [-0.4, -0.2) is 22.6 Å². The van der Waals surface area contributed by atoms with Crippen molar-refractivity contribution in [3.05, 3.63) is 29.3 Å². The van der Waals surface area contributed by atoms with Crippen molar-refractivity contribution in [2.24, 2.45) is 0 Å². The van der Waals surface area contributed by atoms with Gasteiger partial charge in [-0.05, 0) is 17.7 Å². The van der Waals surface area contributed by atoms with Crippen molar-refractivity contribution >= 4 is 22.4 Å². The third-order valence-electron chi connectivity index (χ3n) is 2.06. The summed E-state index contributed by atoms with van der Waals surface area (Å²) < 4.78 is 46.3. The van der Waals surface area contributed by atoms with E-state index >= 15 is 0 Å². The Morgan fingerprint density at radius 3 is 2.33 bits per heavy atom. The molecule has 1 amide bonds. The maximum absolute atomic E-state index is 12.2. The van der Waals surface area contributed by atoms with Crippen molar-refractivity contribution in [2.75, 3.05) is 17.8 Å². The fraction of sp³-hybridized carbons (Fsp3) is 0.364. The Morgan fingerprint density at radius 1 is 1.28 bits per heavy atom. The number of halogens is 3. The highest BCUT2D eigenvalue weighted by Crippen LogP contribution is 2.33. The van der Waals surface area contributed by atoms with Crippen molar-refractivity contribution < 1.29 is 22.2 Å². The van der Waals surface area contributed by atoms with Gasteiger partial charge in [-0.25, -0.2) is 0 Å². The van der Waals surface area contributed by atoms with Crippen LogP contribution in [-0.2, 0) is 28.2 Å². The van der Waals surface area contributed by atoms with Crippen LogP contribution in [0.25, 0.3) is 0 Å². The summed E-state index contributed by atoms with van der Waals surface area (Å²) in [6.45, 7) is 0. The first-order valence-electron chi connectivity index (χ1n) is 4.95. The largest absolute Gasteiger partial charge is 0.416 e. The molecule has 0 atom stereocenters. The Balaban J connectivity index is 0.000000357. The molecule has 3 nitrogen and oxygen atoms in total. The Bertz CT molecular complexity index is 482. The number of nitrogens with one attached hydrogen (secondary N) is 1. The lowest BCUT2D eigenvalue weighted by Crippen LogP contribution is -2.06. The molecule has 1 heterocycles. The van der Waals surface area contributed by atoms with E-state index in [1.807, 2.05) is 0 Å². The predicted octanol–water partition coefficient (Wildman–Crippen LogP) is 2.19. The molecule has 18 heavy (non-hydrogen) atoms. The minimum absolute atomic E-state index is 0.160. The number of carbonyl (C=O) groups is 1. The average Bonchev–Trinajstić information content (AvgIpc) is 2.53. The first-order chi connectivity index (χ1) is 8.20. The first kappa shape index (κ1) is 14.7. The summed E-state index contributed by atoms with van der Waals surface area (Å²) in [5.74, 6) is -0.265. The van der Waals surface area contributed by atoms with Crippen LogP contribution in [0.1, 0.15) is 11.1 Å². The van der Waals surface area contributed by atoms with E-state index in [-0.39, 0.29) is 18.0 Å². The van der Waals surface area contributed by atoms with Gasteiger partial charge in [-0.1, -0.05) is 6.07 Å². The fourth-order valence-electron chi connectivity index (χ4n) is 1.39. The maximum atomic E-state index is 12.2. The molecule has 0 saturated heterocycles. The third-order valence-corrected chi connectivity index (χ3v) is 2.06. The second kappa shape index (κ2) is 5.51. The molecule has 1 aromatic rings. The number of carbonyl (C=O) groups excluding carboxylic acids is 1. The molecule has 1 aliphatic heterocycles. The molecule has 0 unspecified atom stereocenters. The predicted molar refractivity (Wildman–Crippen MR) is 63.8 cm³/mol. The Kier molecular flexibility index (Phi) is 4.50. The molecule has 0 saturated carbocycles. The van der Waals surface area contributed by atoms with Gasteiger partial charge in [0.05, 0.1) is 12.0 Å². The average molecular weight is 279 g/mol. The topological polar surface area (TPSA) is 46.2 Å². The molecule has 0 radical (unpaired) electrons. The van der Waals surface area contributed by atoms with E-state index in [0.29, 0.717) is 5.56 Å². The first-order valence-corrected chi connectivity index (χ1v) is 6.92. The van der Waals surface area contributed by atoms with E-state index in [9.17, 15) is 22.2 Å². The molecule has 7 heteroatoms. The molecular weight excluding hydrogens is 267 g/mol. The van der Waals surface area contributed by atoms with Crippen molar-refractivity contribution in [3.63, 3.8) is 0 Å². The van der Waals surface area contributed by atoms with Crippen LogP contribution < -0.4 is 5.32 Å². The lowest BCUT2D eigenvalue weighted by Gasteiger charge is -2.07. The van der Waals surface area contributed by atoms with Crippen LogP contribution in [0.3, 0.4) is 0 Å². The molecule has 0 aromatic heterocycles. The Morgan fingerprint density at radius 2 is 1.83 bits per heavy atom. The Labute approximate surface area is 105 Å². The highest BCUT2D eigenvalue weighted by Gasteiger charge is 2.32. The molecule has 1 aromatic carbocycles. The highest BCUT2D eigenvalue weighted by molar-refractivity contribution is 7.83. The summed E-state index contributed by atoms with van der Waals surface area (Å²) in [6, 6.07) is 3.27. The van der Waals surface area contributed by atoms with Crippen LogP contribution >= 0.6 is 0 Å². The molecule has 0 aliphatic carbocycles. The zero-order chi connectivity index (χ0) is 13.9. The zero-order valence-electron chi connectivity index (χ0n) is 9.80. The van der Waals surface area contributed by atoms with E-state index in [1.165, 1.54) is 6.07 Å². The molecule has 0 fully saturated rings.